The van der Waals surface area contributed by atoms with Gasteiger partial charge in [-0.15, -0.1) is 0 Å². The number of benzene rings is 2. The zero-order valence-corrected chi connectivity index (χ0v) is 14.8. The number of hydrogen-bond donors (Lipinski definition) is 1. The van der Waals surface area contributed by atoms with Gasteiger partial charge in [-0.3, -0.25) is 14.2 Å². The van der Waals surface area contributed by atoms with E-state index in [-0.39, 0.29) is 36.4 Å². The fourth-order valence-corrected chi connectivity index (χ4v) is 4.89. The van der Waals surface area contributed by atoms with Gasteiger partial charge in [-0.2, -0.15) is 0 Å². The van der Waals surface area contributed by atoms with Crippen molar-refractivity contribution in [2.24, 2.45) is 5.41 Å². The predicted octanol–water partition coefficient (Wildman–Crippen LogP) is 3.38. The fraction of sp³-hybridized carbons (Fsp3) is 0.273. The van der Waals surface area contributed by atoms with E-state index < -0.39 is 11.1 Å². The molecule has 1 N–H and O–H groups in total. The number of aliphatic hydroxyl groups is 1. The average Bonchev–Trinajstić information content (AvgIpc) is 3.03. The smallest absolute Gasteiger partial charge is 0.261 e. The lowest BCUT2D eigenvalue weighted by atomic mass is 9.79. The van der Waals surface area contributed by atoms with Gasteiger partial charge in [0.15, 0.2) is 5.72 Å². The maximum Gasteiger partial charge on any atom is 0.261 e. The third-order valence-corrected chi connectivity index (χ3v) is 6.41. The van der Waals surface area contributed by atoms with Gasteiger partial charge in [-0.25, -0.2) is 4.39 Å². The summed E-state index contributed by atoms with van der Waals surface area (Å²) in [6.07, 6.45) is 0.781. The summed E-state index contributed by atoms with van der Waals surface area (Å²) in [5.41, 5.74) is -0.644. The molecule has 2 aliphatic rings. The van der Waals surface area contributed by atoms with Crippen LogP contribution in [0.1, 0.15) is 25.5 Å². The fourth-order valence-electron chi connectivity index (χ4n) is 4.89. The van der Waals surface area contributed by atoms with Gasteiger partial charge in [-0.05, 0) is 36.1 Å². The van der Waals surface area contributed by atoms with Crippen molar-refractivity contribution in [3.05, 3.63) is 70.4 Å². The quantitative estimate of drug-likeness (QED) is 0.721. The third kappa shape index (κ3) is 1.90. The summed E-state index contributed by atoms with van der Waals surface area (Å²) in [5.74, 6) is -0.368. The van der Waals surface area contributed by atoms with Gasteiger partial charge in [-0.1, -0.05) is 30.3 Å². The molecule has 1 fully saturated rings. The van der Waals surface area contributed by atoms with Gasteiger partial charge >= 0.3 is 0 Å². The number of hydrogen-bond acceptors (Lipinski definition) is 3. The largest absolute Gasteiger partial charge is 0.369 e. The molecule has 2 unspecified atom stereocenters. The lowest BCUT2D eigenvalue weighted by Crippen LogP contribution is -2.47. The van der Waals surface area contributed by atoms with Crippen molar-refractivity contribution in [1.82, 2.24) is 4.57 Å². The standard InChI is InChI=1S/C22H18FNO3/c1-21-12-17-19(13-6-8-14(23)9-7-13)15-4-2-3-5-16(15)20(26)24(17)22(21,27)11-10-18(21)25/h2-9,27H,10-12H2,1H3. The van der Waals surface area contributed by atoms with E-state index in [4.69, 9.17) is 0 Å². The summed E-state index contributed by atoms with van der Waals surface area (Å²) in [6, 6.07) is 13.3. The molecule has 5 heteroatoms. The van der Waals surface area contributed by atoms with Crippen LogP contribution >= 0.6 is 0 Å². The lowest BCUT2D eigenvalue weighted by Gasteiger charge is -2.32. The van der Waals surface area contributed by atoms with Crippen LogP contribution in [0.4, 0.5) is 4.39 Å². The van der Waals surface area contributed by atoms with Gasteiger partial charge in [0.1, 0.15) is 11.6 Å². The average molecular weight is 363 g/mol. The molecule has 3 aromatic rings. The van der Waals surface area contributed by atoms with Gasteiger partial charge < -0.3 is 5.11 Å². The Bertz CT molecular complexity index is 1180. The van der Waals surface area contributed by atoms with Crippen LogP contribution in [0.3, 0.4) is 0 Å². The van der Waals surface area contributed by atoms with Gasteiger partial charge in [0.2, 0.25) is 0 Å². The molecule has 2 heterocycles. The van der Waals surface area contributed by atoms with Crippen LogP contribution < -0.4 is 5.56 Å². The highest BCUT2D eigenvalue weighted by atomic mass is 19.1. The van der Waals surface area contributed by atoms with Crippen molar-refractivity contribution in [3.63, 3.8) is 0 Å². The zero-order valence-electron chi connectivity index (χ0n) is 14.8. The molecule has 0 amide bonds. The molecule has 0 spiro atoms. The van der Waals surface area contributed by atoms with Crippen LogP contribution in [-0.2, 0) is 16.9 Å². The minimum Gasteiger partial charge on any atom is -0.369 e. The van der Waals surface area contributed by atoms with Crippen molar-refractivity contribution >= 4 is 16.6 Å². The van der Waals surface area contributed by atoms with Gasteiger partial charge in [0.05, 0.1) is 5.41 Å². The van der Waals surface area contributed by atoms with E-state index >= 15 is 0 Å². The number of ketones is 1. The molecule has 0 radical (unpaired) electrons. The maximum atomic E-state index is 13.5. The van der Waals surface area contributed by atoms with E-state index in [1.54, 1.807) is 31.2 Å². The first-order valence-corrected chi connectivity index (χ1v) is 9.05. The first-order chi connectivity index (χ1) is 12.9. The van der Waals surface area contributed by atoms with E-state index in [0.717, 1.165) is 16.5 Å². The molecule has 136 valence electrons. The predicted molar refractivity (Wildman–Crippen MR) is 99.8 cm³/mol. The molecule has 1 aliphatic carbocycles. The van der Waals surface area contributed by atoms with E-state index in [1.807, 2.05) is 12.1 Å². The summed E-state index contributed by atoms with van der Waals surface area (Å²) in [5, 5.41) is 12.7. The minimum atomic E-state index is -1.52. The second-order valence-corrected chi connectivity index (χ2v) is 7.76. The molecule has 1 saturated carbocycles. The van der Waals surface area contributed by atoms with Gasteiger partial charge in [0, 0.05) is 35.9 Å². The highest BCUT2D eigenvalue weighted by molar-refractivity contribution is 5.99. The topological polar surface area (TPSA) is 59.3 Å². The zero-order chi connectivity index (χ0) is 19.0. The SMILES string of the molecule is CC12Cc3c(-c4ccc(F)cc4)c4ccccc4c(=O)n3C1(O)CCC2=O. The first-order valence-electron chi connectivity index (χ1n) is 9.05. The van der Waals surface area contributed by atoms with Crippen LogP contribution in [0.2, 0.25) is 0 Å². The molecule has 1 aliphatic heterocycles. The van der Waals surface area contributed by atoms with Crippen LogP contribution in [0.25, 0.3) is 21.9 Å². The van der Waals surface area contributed by atoms with Crippen molar-refractivity contribution in [3.8, 4) is 11.1 Å². The number of fused-ring (bicyclic) bond motifs is 4. The molecule has 1 aromatic heterocycles. The number of halogens is 1. The molecule has 2 aromatic carbocycles. The van der Waals surface area contributed by atoms with Crippen molar-refractivity contribution in [2.75, 3.05) is 0 Å². The second kappa shape index (κ2) is 5.14. The van der Waals surface area contributed by atoms with E-state index in [9.17, 15) is 19.1 Å². The molecule has 2 atom stereocenters. The summed E-state index contributed by atoms with van der Waals surface area (Å²) >= 11 is 0. The number of carbonyl (C=O) groups excluding carboxylic acids is 1. The van der Waals surface area contributed by atoms with Crippen molar-refractivity contribution in [1.29, 1.82) is 0 Å². The first kappa shape index (κ1) is 16.4. The Kier molecular flexibility index (Phi) is 3.12. The molecule has 4 nitrogen and oxygen atoms in total. The molecule has 0 bridgehead atoms. The molecule has 0 saturated heterocycles. The number of Topliss-reactive ketones (excluding diaryl/α,β-unsaturated/α-hetero) is 1. The molecular formula is C22H18FNO3. The van der Waals surface area contributed by atoms with E-state index in [2.05, 4.69) is 0 Å². The highest BCUT2D eigenvalue weighted by Gasteiger charge is 2.63. The van der Waals surface area contributed by atoms with Crippen LogP contribution in [0.15, 0.2) is 53.3 Å². The molecular weight excluding hydrogens is 345 g/mol. The Hall–Kier alpha value is -2.79. The molecule has 5 rings (SSSR count). The number of rotatable bonds is 1. The van der Waals surface area contributed by atoms with Crippen LogP contribution in [0, 0.1) is 11.2 Å². The molecule has 27 heavy (non-hydrogen) atoms. The second-order valence-electron chi connectivity index (χ2n) is 7.76. The van der Waals surface area contributed by atoms with Crippen LogP contribution in [-0.4, -0.2) is 15.5 Å². The number of aromatic nitrogens is 1. The number of pyridine rings is 1. The maximum absolute atomic E-state index is 13.5. The summed E-state index contributed by atoms with van der Waals surface area (Å²) in [6.45, 7) is 1.74. The Balaban J connectivity index is 1.95. The monoisotopic (exact) mass is 363 g/mol. The lowest BCUT2D eigenvalue weighted by molar-refractivity contribution is -0.142. The Morgan fingerprint density at radius 1 is 1.04 bits per heavy atom. The third-order valence-electron chi connectivity index (χ3n) is 6.41. The van der Waals surface area contributed by atoms with E-state index in [1.165, 1.54) is 16.7 Å². The summed E-state index contributed by atoms with van der Waals surface area (Å²) in [4.78, 5) is 25.9. The minimum absolute atomic E-state index is 0.0257. The Labute approximate surface area is 154 Å². The normalized spacial score (nSPS) is 26.4. The summed E-state index contributed by atoms with van der Waals surface area (Å²) in [7, 11) is 0. The van der Waals surface area contributed by atoms with Crippen molar-refractivity contribution in [2.45, 2.75) is 31.9 Å². The van der Waals surface area contributed by atoms with Crippen LogP contribution in [0.5, 0.6) is 0 Å². The number of carbonyl (C=O) groups is 1. The number of nitrogens with zero attached hydrogens (tertiary/aromatic N) is 1. The van der Waals surface area contributed by atoms with E-state index in [0.29, 0.717) is 11.1 Å². The highest BCUT2D eigenvalue weighted by Crippen LogP contribution is 2.55. The Morgan fingerprint density at radius 2 is 1.70 bits per heavy atom. The van der Waals surface area contributed by atoms with Gasteiger partial charge in [0.25, 0.3) is 5.56 Å². The van der Waals surface area contributed by atoms with Crippen molar-refractivity contribution < 1.29 is 14.3 Å². The summed E-state index contributed by atoms with van der Waals surface area (Å²) < 4.78 is 14.9. The Morgan fingerprint density at radius 3 is 2.41 bits per heavy atom.